The van der Waals surface area contributed by atoms with E-state index in [2.05, 4.69) is 47.4 Å². The molecule has 21 heavy (non-hydrogen) atoms. The molecule has 1 fully saturated rings. The Morgan fingerprint density at radius 2 is 1.95 bits per heavy atom. The molecule has 112 valence electrons. The van der Waals surface area contributed by atoms with Crippen molar-refractivity contribution in [2.45, 2.75) is 24.9 Å². The molecule has 0 aliphatic heterocycles. The van der Waals surface area contributed by atoms with Gasteiger partial charge in [0.2, 0.25) is 0 Å². The van der Waals surface area contributed by atoms with Gasteiger partial charge in [-0.05, 0) is 35.2 Å². The summed E-state index contributed by atoms with van der Waals surface area (Å²) in [5.74, 6) is 0. The summed E-state index contributed by atoms with van der Waals surface area (Å²) in [4.78, 5) is 2.52. The van der Waals surface area contributed by atoms with Crippen molar-refractivity contribution in [1.29, 1.82) is 0 Å². The van der Waals surface area contributed by atoms with Gasteiger partial charge in [0, 0.05) is 32.3 Å². The van der Waals surface area contributed by atoms with E-state index in [1.165, 1.54) is 29.2 Å². The lowest BCUT2D eigenvalue weighted by atomic mass is 10.0. The van der Waals surface area contributed by atoms with Gasteiger partial charge in [0.1, 0.15) is 0 Å². The SMILES string of the molecule is COCCN(C1CC1)C(CN)c1ccc2ccccc2c1. The highest BCUT2D eigenvalue weighted by atomic mass is 16.5. The van der Waals surface area contributed by atoms with Gasteiger partial charge >= 0.3 is 0 Å². The summed E-state index contributed by atoms with van der Waals surface area (Å²) < 4.78 is 5.27. The van der Waals surface area contributed by atoms with Crippen LogP contribution in [0.2, 0.25) is 0 Å². The first-order valence-electron chi connectivity index (χ1n) is 7.77. The summed E-state index contributed by atoms with van der Waals surface area (Å²) in [7, 11) is 1.76. The molecule has 1 aliphatic rings. The quantitative estimate of drug-likeness (QED) is 0.849. The number of methoxy groups -OCH3 is 1. The van der Waals surface area contributed by atoms with Crippen LogP contribution in [0.15, 0.2) is 42.5 Å². The van der Waals surface area contributed by atoms with Gasteiger partial charge in [0.05, 0.1) is 6.61 Å². The Bertz CT molecular complexity index is 595. The molecule has 0 heterocycles. The molecule has 3 rings (SSSR count). The third-order valence-electron chi connectivity index (χ3n) is 4.35. The van der Waals surface area contributed by atoms with Crippen molar-refractivity contribution in [3.63, 3.8) is 0 Å². The molecule has 3 heteroatoms. The van der Waals surface area contributed by atoms with Crippen LogP contribution in [0.1, 0.15) is 24.4 Å². The number of benzene rings is 2. The molecule has 0 radical (unpaired) electrons. The van der Waals surface area contributed by atoms with Crippen molar-refractivity contribution in [2.24, 2.45) is 5.73 Å². The van der Waals surface area contributed by atoms with Crippen LogP contribution in [-0.2, 0) is 4.74 Å². The number of nitrogens with two attached hydrogens (primary N) is 1. The normalized spacial score (nSPS) is 16.5. The average molecular weight is 284 g/mol. The number of fused-ring (bicyclic) bond motifs is 1. The second-order valence-corrected chi connectivity index (χ2v) is 5.82. The Hall–Kier alpha value is -1.42. The molecule has 1 saturated carbocycles. The van der Waals surface area contributed by atoms with Crippen molar-refractivity contribution in [3.05, 3.63) is 48.0 Å². The predicted octanol–water partition coefficient (Wildman–Crippen LogP) is 2.95. The van der Waals surface area contributed by atoms with E-state index < -0.39 is 0 Å². The average Bonchev–Trinajstić information content (AvgIpc) is 3.36. The number of hydrogen-bond acceptors (Lipinski definition) is 3. The molecular weight excluding hydrogens is 260 g/mol. The lowest BCUT2D eigenvalue weighted by Gasteiger charge is -2.31. The van der Waals surface area contributed by atoms with Crippen molar-refractivity contribution in [3.8, 4) is 0 Å². The topological polar surface area (TPSA) is 38.5 Å². The van der Waals surface area contributed by atoms with Gasteiger partial charge in [-0.15, -0.1) is 0 Å². The molecule has 0 bridgehead atoms. The van der Waals surface area contributed by atoms with Gasteiger partial charge in [-0.25, -0.2) is 0 Å². The highest BCUT2D eigenvalue weighted by Gasteiger charge is 2.33. The standard InChI is InChI=1S/C18H24N2O/c1-21-11-10-20(17-8-9-17)18(13-19)16-7-6-14-4-2-3-5-15(14)12-16/h2-7,12,17-18H,8-11,13,19H2,1H3. The third-order valence-corrected chi connectivity index (χ3v) is 4.35. The van der Waals surface area contributed by atoms with Crippen LogP contribution in [0.4, 0.5) is 0 Å². The molecule has 0 amide bonds. The van der Waals surface area contributed by atoms with E-state index >= 15 is 0 Å². The number of hydrogen-bond donors (Lipinski definition) is 1. The predicted molar refractivity (Wildman–Crippen MR) is 87.3 cm³/mol. The number of rotatable bonds is 7. The molecule has 3 nitrogen and oxygen atoms in total. The monoisotopic (exact) mass is 284 g/mol. The van der Waals surface area contributed by atoms with E-state index in [0.717, 1.165) is 13.2 Å². The van der Waals surface area contributed by atoms with Crippen LogP contribution in [0, 0.1) is 0 Å². The second-order valence-electron chi connectivity index (χ2n) is 5.82. The van der Waals surface area contributed by atoms with Crippen molar-refractivity contribution < 1.29 is 4.74 Å². The van der Waals surface area contributed by atoms with E-state index in [-0.39, 0.29) is 6.04 Å². The molecule has 2 N–H and O–H groups in total. The van der Waals surface area contributed by atoms with E-state index in [0.29, 0.717) is 12.6 Å². The molecule has 0 aromatic heterocycles. The minimum absolute atomic E-state index is 0.289. The van der Waals surface area contributed by atoms with Gasteiger partial charge in [0.25, 0.3) is 0 Å². The second kappa shape index (κ2) is 6.56. The van der Waals surface area contributed by atoms with E-state index in [9.17, 15) is 0 Å². The minimum atomic E-state index is 0.289. The molecule has 1 unspecified atom stereocenters. The largest absolute Gasteiger partial charge is 0.383 e. The lowest BCUT2D eigenvalue weighted by molar-refractivity contribution is 0.115. The van der Waals surface area contributed by atoms with Gasteiger partial charge in [-0.2, -0.15) is 0 Å². The Morgan fingerprint density at radius 3 is 2.62 bits per heavy atom. The van der Waals surface area contributed by atoms with Crippen LogP contribution >= 0.6 is 0 Å². The maximum Gasteiger partial charge on any atom is 0.0590 e. The van der Waals surface area contributed by atoms with Gasteiger partial charge < -0.3 is 10.5 Å². The van der Waals surface area contributed by atoms with Crippen LogP contribution < -0.4 is 5.73 Å². The summed E-state index contributed by atoms with van der Waals surface area (Å²) >= 11 is 0. The van der Waals surface area contributed by atoms with Crippen LogP contribution in [-0.4, -0.2) is 37.7 Å². The summed E-state index contributed by atoms with van der Waals surface area (Å²) in [5, 5.41) is 2.57. The van der Waals surface area contributed by atoms with Crippen LogP contribution in [0.3, 0.4) is 0 Å². The zero-order valence-electron chi connectivity index (χ0n) is 12.7. The molecule has 2 aromatic carbocycles. The molecule has 0 saturated heterocycles. The van der Waals surface area contributed by atoms with Crippen LogP contribution in [0.5, 0.6) is 0 Å². The number of nitrogens with zero attached hydrogens (tertiary/aromatic N) is 1. The minimum Gasteiger partial charge on any atom is -0.383 e. The summed E-state index contributed by atoms with van der Waals surface area (Å²) in [5.41, 5.74) is 7.42. The van der Waals surface area contributed by atoms with Crippen molar-refractivity contribution >= 4 is 10.8 Å². The summed E-state index contributed by atoms with van der Waals surface area (Å²) in [6, 6.07) is 16.2. The lowest BCUT2D eigenvalue weighted by Crippen LogP contribution is -2.37. The smallest absolute Gasteiger partial charge is 0.0590 e. The Morgan fingerprint density at radius 1 is 1.19 bits per heavy atom. The third kappa shape index (κ3) is 3.26. The van der Waals surface area contributed by atoms with Crippen molar-refractivity contribution in [1.82, 2.24) is 4.90 Å². The van der Waals surface area contributed by atoms with E-state index in [1.54, 1.807) is 7.11 Å². The number of ether oxygens (including phenoxy) is 1. The molecule has 0 spiro atoms. The van der Waals surface area contributed by atoms with Crippen molar-refractivity contribution in [2.75, 3.05) is 26.8 Å². The first-order chi connectivity index (χ1) is 10.3. The van der Waals surface area contributed by atoms with Gasteiger partial charge in [-0.3, -0.25) is 4.90 Å². The fourth-order valence-corrected chi connectivity index (χ4v) is 3.07. The highest BCUT2D eigenvalue weighted by molar-refractivity contribution is 5.83. The first-order valence-corrected chi connectivity index (χ1v) is 7.77. The molecule has 1 aliphatic carbocycles. The highest BCUT2D eigenvalue weighted by Crippen LogP contribution is 2.34. The molecule has 1 atom stereocenters. The Labute approximate surface area is 126 Å². The zero-order valence-corrected chi connectivity index (χ0v) is 12.7. The molecular formula is C18H24N2O. The van der Waals surface area contributed by atoms with Crippen LogP contribution in [0.25, 0.3) is 10.8 Å². The Balaban J connectivity index is 1.88. The Kier molecular flexibility index (Phi) is 4.54. The zero-order chi connectivity index (χ0) is 14.7. The molecule has 2 aromatic rings. The fraction of sp³-hybridized carbons (Fsp3) is 0.444. The van der Waals surface area contributed by atoms with Gasteiger partial charge in [-0.1, -0.05) is 36.4 Å². The van der Waals surface area contributed by atoms with Gasteiger partial charge in [0.15, 0.2) is 0 Å². The van der Waals surface area contributed by atoms with E-state index in [4.69, 9.17) is 10.5 Å². The summed E-state index contributed by atoms with van der Waals surface area (Å²) in [6.45, 7) is 2.37. The maximum absolute atomic E-state index is 6.10. The first kappa shape index (κ1) is 14.5. The fourth-order valence-electron chi connectivity index (χ4n) is 3.07. The van der Waals surface area contributed by atoms with E-state index in [1.807, 2.05) is 0 Å². The summed E-state index contributed by atoms with van der Waals surface area (Å²) in [6.07, 6.45) is 2.57. The maximum atomic E-state index is 6.10.